The lowest BCUT2D eigenvalue weighted by Crippen LogP contribution is -2.48. The van der Waals surface area contributed by atoms with E-state index < -0.39 is 6.04 Å². The zero-order chi connectivity index (χ0) is 18.2. The third kappa shape index (κ3) is 5.35. The number of nitrogens with zero attached hydrogens (tertiary/aromatic N) is 1. The first kappa shape index (κ1) is 18.5. The van der Waals surface area contributed by atoms with Gasteiger partial charge in [0.05, 0.1) is 0 Å². The molecule has 0 aromatic heterocycles. The van der Waals surface area contributed by atoms with E-state index in [1.807, 2.05) is 61.5 Å². The molecule has 0 aliphatic rings. The Bertz CT molecular complexity index is 714. The molecule has 2 aromatic carbocycles. The van der Waals surface area contributed by atoms with Crippen LogP contribution in [0.1, 0.15) is 18.1 Å². The number of para-hydroxylation sites is 1. The van der Waals surface area contributed by atoms with E-state index in [-0.39, 0.29) is 11.9 Å². The molecule has 0 heterocycles. The van der Waals surface area contributed by atoms with Crippen molar-refractivity contribution in [1.82, 2.24) is 10.2 Å². The highest BCUT2D eigenvalue weighted by Crippen LogP contribution is 2.15. The minimum atomic E-state index is -0.619. The molecule has 0 saturated heterocycles. The molecule has 25 heavy (non-hydrogen) atoms. The van der Waals surface area contributed by atoms with Gasteiger partial charge in [-0.25, -0.2) is 4.79 Å². The molecule has 0 bridgehead atoms. The van der Waals surface area contributed by atoms with Crippen molar-refractivity contribution in [2.24, 2.45) is 0 Å². The summed E-state index contributed by atoms with van der Waals surface area (Å²) >= 11 is 0. The Kier molecular flexibility index (Phi) is 6.57. The van der Waals surface area contributed by atoms with Crippen molar-refractivity contribution < 1.29 is 9.59 Å². The van der Waals surface area contributed by atoms with Crippen LogP contribution in [-0.2, 0) is 17.6 Å². The van der Waals surface area contributed by atoms with E-state index >= 15 is 0 Å². The van der Waals surface area contributed by atoms with Crippen LogP contribution in [0.5, 0.6) is 0 Å². The minimum Gasteiger partial charge on any atom is -0.347 e. The molecule has 0 saturated carbocycles. The second-order valence-corrected chi connectivity index (χ2v) is 6.08. The van der Waals surface area contributed by atoms with Gasteiger partial charge in [-0.1, -0.05) is 55.5 Å². The maximum Gasteiger partial charge on any atom is 0.319 e. The zero-order valence-electron chi connectivity index (χ0n) is 15.0. The molecule has 0 radical (unpaired) electrons. The predicted octanol–water partition coefficient (Wildman–Crippen LogP) is 3.07. The number of urea groups is 1. The first-order valence-electron chi connectivity index (χ1n) is 8.41. The van der Waals surface area contributed by atoms with Crippen LogP contribution >= 0.6 is 0 Å². The van der Waals surface area contributed by atoms with Crippen LogP contribution in [0.25, 0.3) is 0 Å². The first-order chi connectivity index (χ1) is 12.0. The van der Waals surface area contributed by atoms with Crippen LogP contribution < -0.4 is 10.6 Å². The number of likely N-dealkylation sites (N-methyl/N-ethyl adjacent to an activating group) is 1. The molecular weight excluding hydrogens is 314 g/mol. The fraction of sp³-hybridized carbons (Fsp3) is 0.300. The summed E-state index contributed by atoms with van der Waals surface area (Å²) in [7, 11) is 3.37. The number of hydrogen-bond donors (Lipinski definition) is 2. The topological polar surface area (TPSA) is 61.4 Å². The van der Waals surface area contributed by atoms with Gasteiger partial charge in [0.2, 0.25) is 5.91 Å². The summed E-state index contributed by atoms with van der Waals surface area (Å²) in [6, 6.07) is 16.3. The summed E-state index contributed by atoms with van der Waals surface area (Å²) in [4.78, 5) is 26.4. The van der Waals surface area contributed by atoms with Crippen molar-refractivity contribution in [2.45, 2.75) is 25.8 Å². The number of anilines is 1. The minimum absolute atomic E-state index is 0.136. The Balaban J connectivity index is 2.10. The molecule has 0 aliphatic heterocycles. The predicted molar refractivity (Wildman–Crippen MR) is 101 cm³/mol. The quantitative estimate of drug-likeness (QED) is 0.850. The summed E-state index contributed by atoms with van der Waals surface area (Å²) in [6.45, 7) is 2.03. The Labute approximate surface area is 149 Å². The van der Waals surface area contributed by atoms with E-state index in [0.717, 1.165) is 23.2 Å². The van der Waals surface area contributed by atoms with Gasteiger partial charge in [-0.2, -0.15) is 0 Å². The molecule has 2 aromatic rings. The Hall–Kier alpha value is -2.82. The van der Waals surface area contributed by atoms with E-state index in [9.17, 15) is 9.59 Å². The monoisotopic (exact) mass is 339 g/mol. The van der Waals surface area contributed by atoms with E-state index in [4.69, 9.17) is 0 Å². The molecule has 132 valence electrons. The van der Waals surface area contributed by atoms with Gasteiger partial charge in [0.25, 0.3) is 0 Å². The van der Waals surface area contributed by atoms with Crippen molar-refractivity contribution in [3.05, 3.63) is 65.7 Å². The number of amides is 3. The molecule has 0 unspecified atom stereocenters. The number of carbonyl (C=O) groups excluding carboxylic acids is 2. The molecule has 2 rings (SSSR count). The second-order valence-electron chi connectivity index (χ2n) is 6.08. The summed E-state index contributed by atoms with van der Waals surface area (Å²) in [5.74, 6) is -0.136. The number of benzene rings is 2. The molecular formula is C20H25N3O2. The molecule has 5 nitrogen and oxygen atoms in total. The van der Waals surface area contributed by atoms with Crippen molar-refractivity contribution in [1.29, 1.82) is 0 Å². The summed E-state index contributed by atoms with van der Waals surface area (Å²) in [5.41, 5.74) is 2.81. The normalized spacial score (nSPS) is 11.5. The number of nitrogens with one attached hydrogen (secondary N) is 2. The van der Waals surface area contributed by atoms with E-state index in [1.165, 1.54) is 4.90 Å². The van der Waals surface area contributed by atoms with Crippen LogP contribution in [0.15, 0.2) is 54.6 Å². The van der Waals surface area contributed by atoms with Crippen LogP contribution in [0.3, 0.4) is 0 Å². The van der Waals surface area contributed by atoms with Gasteiger partial charge in [0.1, 0.15) is 6.04 Å². The van der Waals surface area contributed by atoms with Gasteiger partial charge in [-0.05, 0) is 23.6 Å². The fourth-order valence-electron chi connectivity index (χ4n) is 2.63. The first-order valence-corrected chi connectivity index (χ1v) is 8.41. The SMILES string of the molecule is CCc1ccccc1NC(=O)N[C@H](Cc1ccccc1)C(=O)N(C)C. The fourth-order valence-corrected chi connectivity index (χ4v) is 2.63. The number of rotatable bonds is 6. The molecule has 5 heteroatoms. The third-order valence-corrected chi connectivity index (χ3v) is 3.97. The third-order valence-electron chi connectivity index (χ3n) is 3.97. The van der Waals surface area contributed by atoms with Crippen molar-refractivity contribution in [3.63, 3.8) is 0 Å². The zero-order valence-corrected chi connectivity index (χ0v) is 15.0. The summed E-state index contributed by atoms with van der Waals surface area (Å²) in [6.07, 6.45) is 1.27. The van der Waals surface area contributed by atoms with E-state index in [2.05, 4.69) is 10.6 Å². The van der Waals surface area contributed by atoms with Gasteiger partial charge in [0, 0.05) is 26.2 Å². The molecule has 2 N–H and O–H groups in total. The van der Waals surface area contributed by atoms with Gasteiger partial charge in [0.15, 0.2) is 0 Å². The Morgan fingerprint density at radius 1 is 1.00 bits per heavy atom. The lowest BCUT2D eigenvalue weighted by molar-refractivity contribution is -0.130. The summed E-state index contributed by atoms with van der Waals surface area (Å²) in [5, 5.41) is 5.66. The highest BCUT2D eigenvalue weighted by molar-refractivity contribution is 5.94. The number of aryl methyl sites for hydroxylation is 1. The highest BCUT2D eigenvalue weighted by Gasteiger charge is 2.23. The van der Waals surface area contributed by atoms with Crippen LogP contribution in [-0.4, -0.2) is 37.0 Å². The van der Waals surface area contributed by atoms with E-state index in [0.29, 0.717) is 6.42 Å². The summed E-state index contributed by atoms with van der Waals surface area (Å²) < 4.78 is 0. The Morgan fingerprint density at radius 2 is 1.64 bits per heavy atom. The number of hydrogen-bond acceptors (Lipinski definition) is 2. The van der Waals surface area contributed by atoms with Gasteiger partial charge < -0.3 is 15.5 Å². The Morgan fingerprint density at radius 3 is 2.28 bits per heavy atom. The van der Waals surface area contributed by atoms with Crippen LogP contribution in [0, 0.1) is 0 Å². The molecule has 0 aliphatic carbocycles. The van der Waals surface area contributed by atoms with Crippen LogP contribution in [0.2, 0.25) is 0 Å². The smallest absolute Gasteiger partial charge is 0.319 e. The molecule has 1 atom stereocenters. The van der Waals surface area contributed by atoms with E-state index in [1.54, 1.807) is 14.1 Å². The van der Waals surface area contributed by atoms with Gasteiger partial charge in [-0.15, -0.1) is 0 Å². The number of carbonyl (C=O) groups is 2. The average molecular weight is 339 g/mol. The van der Waals surface area contributed by atoms with Gasteiger partial charge in [-0.3, -0.25) is 4.79 Å². The molecule has 0 fully saturated rings. The maximum absolute atomic E-state index is 12.4. The lowest BCUT2D eigenvalue weighted by atomic mass is 10.1. The molecule has 0 spiro atoms. The van der Waals surface area contributed by atoms with Gasteiger partial charge >= 0.3 is 6.03 Å². The maximum atomic E-state index is 12.4. The van der Waals surface area contributed by atoms with Crippen molar-refractivity contribution in [2.75, 3.05) is 19.4 Å². The highest BCUT2D eigenvalue weighted by atomic mass is 16.2. The second kappa shape index (κ2) is 8.87. The lowest BCUT2D eigenvalue weighted by Gasteiger charge is -2.22. The van der Waals surface area contributed by atoms with Crippen molar-refractivity contribution >= 4 is 17.6 Å². The largest absolute Gasteiger partial charge is 0.347 e. The standard InChI is InChI=1S/C20H25N3O2/c1-4-16-12-8-9-13-17(16)21-20(25)22-18(19(24)23(2)3)14-15-10-6-5-7-11-15/h5-13,18H,4,14H2,1-3H3,(H2,21,22,25)/t18-/m1/s1. The van der Waals surface area contributed by atoms with Crippen molar-refractivity contribution in [3.8, 4) is 0 Å². The molecule has 3 amide bonds. The van der Waals surface area contributed by atoms with Crippen LogP contribution in [0.4, 0.5) is 10.5 Å². The average Bonchev–Trinajstić information content (AvgIpc) is 2.61.